The van der Waals surface area contributed by atoms with E-state index in [4.69, 9.17) is 0 Å². The predicted octanol–water partition coefficient (Wildman–Crippen LogP) is 4.01. The molecule has 0 spiro atoms. The molecule has 29 heavy (non-hydrogen) atoms. The Kier molecular flexibility index (Phi) is 7.38. The topological polar surface area (TPSA) is 84.5 Å². The third kappa shape index (κ3) is 6.31. The lowest BCUT2D eigenvalue weighted by Gasteiger charge is -2.13. The molecule has 0 aliphatic heterocycles. The number of nitrogens with one attached hydrogen (secondary N) is 2. The smallest absolute Gasteiger partial charge is 0.416 e. The van der Waals surface area contributed by atoms with Crippen molar-refractivity contribution in [1.29, 1.82) is 0 Å². The molecule has 0 bridgehead atoms. The van der Waals surface area contributed by atoms with Gasteiger partial charge in [0, 0.05) is 23.0 Å². The summed E-state index contributed by atoms with van der Waals surface area (Å²) in [5, 5.41) is 4.79. The molecule has 0 atom stereocenters. The molecule has 0 heterocycles. The minimum absolute atomic E-state index is 0.0484. The van der Waals surface area contributed by atoms with Crippen LogP contribution in [0.4, 0.5) is 18.9 Å². The first-order valence-electron chi connectivity index (χ1n) is 8.25. The van der Waals surface area contributed by atoms with Crippen molar-refractivity contribution in [2.45, 2.75) is 12.6 Å². The maximum Gasteiger partial charge on any atom is 0.416 e. The number of rotatable bonds is 6. The highest BCUT2D eigenvalue weighted by Gasteiger charge is 2.32. The number of carbonyl (C=O) groups is 3. The average Bonchev–Trinajstić information content (AvgIpc) is 2.67. The van der Waals surface area contributed by atoms with E-state index in [0.717, 1.165) is 23.7 Å². The second-order valence-corrected chi connectivity index (χ2v) is 6.73. The number of alkyl halides is 3. The molecule has 0 aliphatic carbocycles. The van der Waals surface area contributed by atoms with Gasteiger partial charge in [-0.1, -0.05) is 15.9 Å². The van der Waals surface area contributed by atoms with Gasteiger partial charge in [-0.3, -0.25) is 9.59 Å². The molecule has 2 amide bonds. The lowest BCUT2D eigenvalue weighted by molar-refractivity contribution is -0.137. The highest BCUT2D eigenvalue weighted by Crippen LogP contribution is 2.32. The van der Waals surface area contributed by atoms with Crippen molar-refractivity contribution in [2.24, 2.45) is 0 Å². The van der Waals surface area contributed by atoms with Crippen molar-refractivity contribution in [2.75, 3.05) is 19.0 Å². The first-order valence-corrected chi connectivity index (χ1v) is 9.04. The summed E-state index contributed by atoms with van der Waals surface area (Å²) in [6.45, 7) is -0.0484. The standard InChI is InChI=1S/C19H16BrF3N2O4/c1-29-18(28)14-7-4-12(19(21,22)23)10-15(14)25-16(26)8-9-24-17(27)11-2-5-13(20)6-3-11/h2-7,10H,8-9H2,1H3,(H,24,27)(H,25,26). The molecule has 2 aromatic carbocycles. The van der Waals surface area contributed by atoms with E-state index < -0.39 is 29.5 Å². The Labute approximate surface area is 172 Å². The molecule has 0 radical (unpaired) electrons. The Balaban J connectivity index is 2.02. The van der Waals surface area contributed by atoms with E-state index in [2.05, 4.69) is 31.3 Å². The van der Waals surface area contributed by atoms with Crippen molar-refractivity contribution in [3.05, 3.63) is 63.6 Å². The summed E-state index contributed by atoms with van der Waals surface area (Å²) in [5.74, 6) is -1.97. The molecule has 2 rings (SSSR count). The summed E-state index contributed by atoms with van der Waals surface area (Å²) in [5.41, 5.74) is -1.17. The zero-order valence-corrected chi connectivity index (χ0v) is 16.7. The van der Waals surface area contributed by atoms with Crippen LogP contribution in [0, 0.1) is 0 Å². The highest BCUT2D eigenvalue weighted by molar-refractivity contribution is 9.10. The Morgan fingerprint density at radius 2 is 1.72 bits per heavy atom. The van der Waals surface area contributed by atoms with Gasteiger partial charge in [0.25, 0.3) is 5.91 Å². The van der Waals surface area contributed by atoms with Gasteiger partial charge < -0.3 is 15.4 Å². The second kappa shape index (κ2) is 9.55. The number of carbonyl (C=O) groups excluding carboxylic acids is 3. The van der Waals surface area contributed by atoms with Crippen LogP contribution >= 0.6 is 15.9 Å². The summed E-state index contributed by atoms with van der Waals surface area (Å²) in [6.07, 6.45) is -4.86. The van der Waals surface area contributed by atoms with Gasteiger partial charge in [0.2, 0.25) is 5.91 Å². The van der Waals surface area contributed by atoms with Crippen LogP contribution in [0.3, 0.4) is 0 Å². The van der Waals surface area contributed by atoms with Crippen LogP contribution in [0.25, 0.3) is 0 Å². The first kappa shape index (κ1) is 22.4. The summed E-state index contributed by atoms with van der Waals surface area (Å²) < 4.78 is 44.1. The minimum atomic E-state index is -4.65. The summed E-state index contributed by atoms with van der Waals surface area (Å²) in [4.78, 5) is 35.8. The van der Waals surface area contributed by atoms with Crippen LogP contribution in [0.5, 0.6) is 0 Å². The summed E-state index contributed by atoms with van der Waals surface area (Å²) in [6, 6.07) is 8.85. The van der Waals surface area contributed by atoms with Gasteiger partial charge in [-0.25, -0.2) is 4.79 Å². The van der Waals surface area contributed by atoms with Crippen molar-refractivity contribution in [3.63, 3.8) is 0 Å². The Hall–Kier alpha value is -2.88. The fourth-order valence-electron chi connectivity index (χ4n) is 2.32. The van der Waals surface area contributed by atoms with E-state index in [9.17, 15) is 27.6 Å². The number of amides is 2. The number of ether oxygens (including phenoxy) is 1. The van der Waals surface area contributed by atoms with Crippen LogP contribution in [0.15, 0.2) is 46.9 Å². The SMILES string of the molecule is COC(=O)c1ccc(C(F)(F)F)cc1NC(=O)CCNC(=O)c1ccc(Br)cc1. The molecule has 0 fully saturated rings. The van der Waals surface area contributed by atoms with E-state index in [1.807, 2.05) is 0 Å². The number of methoxy groups -OCH3 is 1. The van der Waals surface area contributed by atoms with E-state index in [0.29, 0.717) is 11.6 Å². The van der Waals surface area contributed by atoms with Gasteiger partial charge in [-0.2, -0.15) is 13.2 Å². The lowest BCUT2D eigenvalue weighted by Crippen LogP contribution is -2.28. The molecule has 154 valence electrons. The monoisotopic (exact) mass is 472 g/mol. The minimum Gasteiger partial charge on any atom is -0.465 e. The van der Waals surface area contributed by atoms with Gasteiger partial charge in [0.15, 0.2) is 0 Å². The zero-order valence-electron chi connectivity index (χ0n) is 15.1. The van der Waals surface area contributed by atoms with E-state index in [1.54, 1.807) is 24.3 Å². The van der Waals surface area contributed by atoms with Gasteiger partial charge in [0.05, 0.1) is 23.9 Å². The molecule has 0 aliphatic rings. The fraction of sp³-hybridized carbons (Fsp3) is 0.211. The number of esters is 1. The highest BCUT2D eigenvalue weighted by atomic mass is 79.9. The fourth-order valence-corrected chi connectivity index (χ4v) is 2.58. The van der Waals surface area contributed by atoms with Gasteiger partial charge in [-0.15, -0.1) is 0 Å². The molecule has 10 heteroatoms. The van der Waals surface area contributed by atoms with Crippen LogP contribution in [-0.2, 0) is 15.7 Å². The van der Waals surface area contributed by atoms with Gasteiger partial charge in [0.1, 0.15) is 0 Å². The van der Waals surface area contributed by atoms with E-state index in [1.165, 1.54) is 0 Å². The third-order valence-electron chi connectivity index (χ3n) is 3.77. The molecule has 2 aromatic rings. The largest absolute Gasteiger partial charge is 0.465 e. The lowest BCUT2D eigenvalue weighted by atomic mass is 10.1. The molecule has 0 unspecified atom stereocenters. The van der Waals surface area contributed by atoms with Gasteiger partial charge >= 0.3 is 12.1 Å². The third-order valence-corrected chi connectivity index (χ3v) is 4.30. The quantitative estimate of drug-likeness (QED) is 0.622. The number of hydrogen-bond acceptors (Lipinski definition) is 4. The Morgan fingerprint density at radius 3 is 2.31 bits per heavy atom. The second-order valence-electron chi connectivity index (χ2n) is 5.81. The molecular formula is C19H16BrF3N2O4. The van der Waals surface area contributed by atoms with Crippen molar-refractivity contribution < 1.29 is 32.3 Å². The zero-order chi connectivity index (χ0) is 21.6. The molecule has 2 N–H and O–H groups in total. The van der Waals surface area contributed by atoms with Crippen LogP contribution in [-0.4, -0.2) is 31.4 Å². The van der Waals surface area contributed by atoms with E-state index in [-0.39, 0.29) is 24.2 Å². The van der Waals surface area contributed by atoms with Crippen molar-refractivity contribution in [1.82, 2.24) is 5.32 Å². The molecular weight excluding hydrogens is 457 g/mol. The molecule has 0 saturated carbocycles. The average molecular weight is 473 g/mol. The number of hydrogen-bond donors (Lipinski definition) is 2. The molecule has 0 saturated heterocycles. The maximum absolute atomic E-state index is 12.9. The summed E-state index contributed by atoms with van der Waals surface area (Å²) >= 11 is 3.25. The van der Waals surface area contributed by atoms with Crippen LogP contribution in [0.2, 0.25) is 0 Å². The number of halogens is 4. The molecule has 0 aromatic heterocycles. The van der Waals surface area contributed by atoms with Crippen LogP contribution in [0.1, 0.15) is 32.7 Å². The number of anilines is 1. The maximum atomic E-state index is 12.9. The molecule has 6 nitrogen and oxygen atoms in total. The number of benzene rings is 2. The summed E-state index contributed by atoms with van der Waals surface area (Å²) in [7, 11) is 1.07. The predicted molar refractivity (Wildman–Crippen MR) is 103 cm³/mol. The Bertz CT molecular complexity index is 915. The van der Waals surface area contributed by atoms with Crippen LogP contribution < -0.4 is 10.6 Å². The van der Waals surface area contributed by atoms with Crippen molar-refractivity contribution >= 4 is 39.4 Å². The first-order chi connectivity index (χ1) is 13.6. The Morgan fingerprint density at radius 1 is 1.07 bits per heavy atom. The van der Waals surface area contributed by atoms with E-state index >= 15 is 0 Å². The van der Waals surface area contributed by atoms with Crippen molar-refractivity contribution in [3.8, 4) is 0 Å². The van der Waals surface area contributed by atoms with Gasteiger partial charge in [-0.05, 0) is 42.5 Å². The normalized spacial score (nSPS) is 10.9.